The maximum Gasteiger partial charge on any atom is 0.309 e. The monoisotopic (exact) mass is 452 g/mol. The minimum Gasteiger partial charge on any atom is -0.490 e. The van der Waals surface area contributed by atoms with Crippen molar-refractivity contribution in [3.63, 3.8) is 0 Å². The van der Waals surface area contributed by atoms with Crippen molar-refractivity contribution in [2.75, 3.05) is 20.3 Å². The third-order valence-corrected chi connectivity index (χ3v) is 6.14. The number of benzene rings is 1. The molecule has 1 aromatic carbocycles. The molecule has 0 unspecified atom stereocenters. The molecular weight excluding hydrogens is 424 g/mol. The van der Waals surface area contributed by atoms with Gasteiger partial charge in [0.2, 0.25) is 12.0 Å². The lowest BCUT2D eigenvalue weighted by Crippen LogP contribution is -2.60. The smallest absolute Gasteiger partial charge is 0.309 e. The quantitative estimate of drug-likeness (QED) is 0.451. The number of aliphatic hydroxyl groups is 4. The Kier molecular flexibility index (Phi) is 6.59. The Morgan fingerprint density at radius 2 is 1.94 bits per heavy atom. The van der Waals surface area contributed by atoms with Gasteiger partial charge in [-0.2, -0.15) is 0 Å². The highest BCUT2D eigenvalue weighted by Crippen LogP contribution is 2.47. The summed E-state index contributed by atoms with van der Waals surface area (Å²) in [6.45, 7) is 1.45. The van der Waals surface area contributed by atoms with Crippen LogP contribution in [0.25, 0.3) is 11.0 Å². The van der Waals surface area contributed by atoms with Crippen LogP contribution in [0, 0.1) is 5.92 Å². The van der Waals surface area contributed by atoms with E-state index in [1.807, 2.05) is 6.07 Å². The lowest BCUT2D eigenvalue weighted by Gasteiger charge is -2.40. The second-order valence-electron chi connectivity index (χ2n) is 7.99. The Hall–Kier alpha value is -2.37. The van der Waals surface area contributed by atoms with E-state index in [0.717, 1.165) is 10.9 Å². The molecule has 0 saturated carbocycles. The van der Waals surface area contributed by atoms with Crippen LogP contribution in [-0.2, 0) is 27.1 Å². The van der Waals surface area contributed by atoms with Crippen LogP contribution in [0.5, 0.6) is 11.5 Å². The van der Waals surface area contributed by atoms with Crippen molar-refractivity contribution in [3.8, 4) is 11.5 Å². The number of rotatable bonds is 6. The first-order valence-corrected chi connectivity index (χ1v) is 10.6. The molecule has 1 aliphatic carbocycles. The van der Waals surface area contributed by atoms with Crippen molar-refractivity contribution in [1.29, 1.82) is 0 Å². The molecule has 0 spiro atoms. The van der Waals surface area contributed by atoms with Crippen molar-refractivity contribution in [1.82, 2.24) is 0 Å². The maximum atomic E-state index is 12.4. The zero-order chi connectivity index (χ0) is 23.0. The van der Waals surface area contributed by atoms with Gasteiger partial charge in [-0.25, -0.2) is 0 Å². The van der Waals surface area contributed by atoms with Gasteiger partial charge in [0.15, 0.2) is 11.3 Å². The van der Waals surface area contributed by atoms with Gasteiger partial charge in [-0.1, -0.05) is 0 Å². The van der Waals surface area contributed by atoms with Gasteiger partial charge in [0.1, 0.15) is 24.4 Å². The molecule has 2 heterocycles. The average molecular weight is 452 g/mol. The van der Waals surface area contributed by atoms with E-state index < -0.39 is 37.3 Å². The van der Waals surface area contributed by atoms with Crippen LogP contribution in [0.2, 0.25) is 0 Å². The van der Waals surface area contributed by atoms with Gasteiger partial charge in [-0.15, -0.1) is 0 Å². The summed E-state index contributed by atoms with van der Waals surface area (Å²) in [7, 11) is 1.44. The Morgan fingerprint density at radius 1 is 1.16 bits per heavy atom. The lowest BCUT2D eigenvalue weighted by molar-refractivity contribution is -0.277. The van der Waals surface area contributed by atoms with Gasteiger partial charge >= 0.3 is 5.97 Å². The summed E-state index contributed by atoms with van der Waals surface area (Å²) in [5, 5.41) is 41.0. The minimum absolute atomic E-state index is 0.211. The Labute approximate surface area is 184 Å². The normalized spacial score (nSPS) is 30.1. The first-order chi connectivity index (χ1) is 15.4. The Bertz CT molecular complexity index is 967. The number of furan rings is 1. The van der Waals surface area contributed by atoms with Crippen molar-refractivity contribution in [3.05, 3.63) is 23.5 Å². The number of hydrogen-bond acceptors (Lipinski definition) is 10. The maximum absolute atomic E-state index is 12.4. The number of carbonyl (C=O) groups excluding carboxylic acids is 1. The highest BCUT2D eigenvalue weighted by atomic mass is 16.7. The number of aryl methyl sites for hydroxylation is 1. The van der Waals surface area contributed by atoms with Gasteiger partial charge in [0.05, 0.1) is 32.5 Å². The third-order valence-electron chi connectivity index (χ3n) is 6.14. The fourth-order valence-electron chi connectivity index (χ4n) is 4.48. The molecule has 4 rings (SSSR count). The highest BCUT2D eigenvalue weighted by molar-refractivity contribution is 5.91. The molecular formula is C22H28O10. The van der Waals surface area contributed by atoms with Gasteiger partial charge < -0.3 is 43.8 Å². The van der Waals surface area contributed by atoms with Crippen LogP contribution in [0.3, 0.4) is 0 Å². The molecule has 0 radical (unpaired) electrons. The molecule has 0 bridgehead atoms. The summed E-state index contributed by atoms with van der Waals surface area (Å²) in [6.07, 6.45) is -4.20. The Morgan fingerprint density at radius 3 is 2.62 bits per heavy atom. The molecule has 2 aromatic rings. The molecule has 10 heteroatoms. The standard InChI is InChI=1S/C22H28O10/c1-3-29-21(27)10-4-5-11-12-6-7-30-18(12)20(28-2)19(13(11)8-10)32-22-17(26)16(25)15(24)14(9-23)31-22/h6-7,10,14-17,22-26H,3-5,8-9H2,1-2H3/t10-,14-,15-,16+,17-,22+/m1/s1. The molecule has 1 aromatic heterocycles. The van der Waals surface area contributed by atoms with Crippen LogP contribution in [0.15, 0.2) is 16.7 Å². The summed E-state index contributed by atoms with van der Waals surface area (Å²) in [4.78, 5) is 12.4. The minimum atomic E-state index is -1.59. The summed E-state index contributed by atoms with van der Waals surface area (Å²) in [5.41, 5.74) is 2.06. The number of aliphatic hydroxyl groups excluding tert-OH is 4. The van der Waals surface area contributed by atoms with E-state index >= 15 is 0 Å². The van der Waals surface area contributed by atoms with Crippen LogP contribution in [0.4, 0.5) is 0 Å². The van der Waals surface area contributed by atoms with Gasteiger partial charge in [0, 0.05) is 10.9 Å². The number of carbonyl (C=O) groups is 1. The lowest BCUT2D eigenvalue weighted by atomic mass is 9.81. The molecule has 176 valence electrons. The van der Waals surface area contributed by atoms with Gasteiger partial charge in [-0.05, 0) is 37.8 Å². The van der Waals surface area contributed by atoms with Crippen LogP contribution >= 0.6 is 0 Å². The number of ether oxygens (including phenoxy) is 4. The summed E-state index contributed by atoms with van der Waals surface area (Å²) >= 11 is 0. The van der Waals surface area contributed by atoms with E-state index in [1.165, 1.54) is 13.4 Å². The molecule has 2 aliphatic rings. The second kappa shape index (κ2) is 9.24. The third kappa shape index (κ3) is 3.82. The second-order valence-corrected chi connectivity index (χ2v) is 7.99. The fraction of sp³-hybridized carbons (Fsp3) is 0.591. The molecule has 6 atom stereocenters. The highest BCUT2D eigenvalue weighted by Gasteiger charge is 2.45. The van der Waals surface area contributed by atoms with Crippen LogP contribution in [0.1, 0.15) is 24.5 Å². The van der Waals surface area contributed by atoms with E-state index in [1.54, 1.807) is 6.92 Å². The van der Waals surface area contributed by atoms with Crippen molar-refractivity contribution < 1.29 is 48.6 Å². The number of esters is 1. The van der Waals surface area contributed by atoms with Crippen molar-refractivity contribution in [2.24, 2.45) is 5.92 Å². The number of fused-ring (bicyclic) bond motifs is 3. The Balaban J connectivity index is 1.77. The zero-order valence-electron chi connectivity index (χ0n) is 17.9. The predicted octanol–water partition coefficient (Wildman–Crippen LogP) is 0.288. The molecule has 32 heavy (non-hydrogen) atoms. The molecule has 10 nitrogen and oxygen atoms in total. The first-order valence-electron chi connectivity index (χ1n) is 10.6. The molecule has 4 N–H and O–H groups in total. The molecule has 0 amide bonds. The molecule has 1 fully saturated rings. The van der Waals surface area contributed by atoms with E-state index in [4.69, 9.17) is 23.4 Å². The van der Waals surface area contributed by atoms with Crippen LogP contribution < -0.4 is 9.47 Å². The van der Waals surface area contributed by atoms with Gasteiger partial charge in [-0.3, -0.25) is 4.79 Å². The largest absolute Gasteiger partial charge is 0.490 e. The molecule has 1 aliphatic heterocycles. The summed E-state index contributed by atoms with van der Waals surface area (Å²) < 4.78 is 27.9. The summed E-state index contributed by atoms with van der Waals surface area (Å²) in [6, 6.07) is 1.82. The van der Waals surface area contributed by atoms with E-state index in [9.17, 15) is 25.2 Å². The average Bonchev–Trinajstić information content (AvgIpc) is 3.29. The SMILES string of the molecule is CCOC(=O)[C@@H]1CCc2c(c(O[C@@H]3O[C@H](CO)[C@@H](O)[C@H](O)[C@H]3O)c(OC)c3occc23)C1. The first kappa shape index (κ1) is 22.8. The van der Waals surface area contributed by atoms with Crippen LogP contribution in [-0.4, -0.2) is 77.4 Å². The number of methoxy groups -OCH3 is 1. The summed E-state index contributed by atoms with van der Waals surface area (Å²) in [5.74, 6) is -0.217. The van der Waals surface area contributed by atoms with E-state index in [-0.39, 0.29) is 30.0 Å². The van der Waals surface area contributed by atoms with E-state index in [0.29, 0.717) is 30.4 Å². The van der Waals surface area contributed by atoms with Crippen molar-refractivity contribution in [2.45, 2.75) is 56.9 Å². The fourth-order valence-corrected chi connectivity index (χ4v) is 4.48. The van der Waals surface area contributed by atoms with E-state index in [2.05, 4.69) is 0 Å². The van der Waals surface area contributed by atoms with Crippen molar-refractivity contribution >= 4 is 16.9 Å². The predicted molar refractivity (Wildman–Crippen MR) is 109 cm³/mol. The number of hydrogen-bond donors (Lipinski definition) is 4. The topological polar surface area (TPSA) is 148 Å². The zero-order valence-corrected chi connectivity index (χ0v) is 17.9. The molecule has 1 saturated heterocycles. The van der Waals surface area contributed by atoms with Gasteiger partial charge in [0.25, 0.3) is 0 Å².